The van der Waals surface area contributed by atoms with E-state index < -0.39 is 8.32 Å². The summed E-state index contributed by atoms with van der Waals surface area (Å²) in [4.78, 5) is 7.88. The first-order chi connectivity index (χ1) is 8.13. The highest BCUT2D eigenvalue weighted by atomic mass is 28.4. The van der Waals surface area contributed by atoms with Crippen LogP contribution in [0.4, 0.5) is 11.8 Å². The maximum atomic E-state index is 6.08. The molecule has 4 N–H and O–H groups in total. The van der Waals surface area contributed by atoms with E-state index in [0.29, 0.717) is 12.4 Å². The van der Waals surface area contributed by atoms with Crippen molar-refractivity contribution < 1.29 is 4.43 Å². The summed E-state index contributed by atoms with van der Waals surface area (Å²) < 4.78 is 6.08. The maximum Gasteiger partial charge on any atom is 0.221 e. The van der Waals surface area contributed by atoms with Gasteiger partial charge in [-0.15, -0.1) is 0 Å². The number of nitrogens with two attached hydrogens (primary N) is 2. The molecule has 18 heavy (non-hydrogen) atoms. The minimum Gasteiger partial charge on any atom is -0.416 e. The van der Waals surface area contributed by atoms with E-state index in [0.717, 1.165) is 12.0 Å². The highest BCUT2D eigenvalue weighted by molar-refractivity contribution is 6.74. The van der Waals surface area contributed by atoms with Crippen LogP contribution in [0.2, 0.25) is 18.1 Å². The van der Waals surface area contributed by atoms with Gasteiger partial charge in [0.2, 0.25) is 5.95 Å². The van der Waals surface area contributed by atoms with Gasteiger partial charge in [0.1, 0.15) is 5.82 Å². The van der Waals surface area contributed by atoms with Crippen molar-refractivity contribution in [1.82, 2.24) is 9.97 Å². The third-order valence-corrected chi connectivity index (χ3v) is 8.10. The highest BCUT2D eigenvalue weighted by Crippen LogP contribution is 2.36. The van der Waals surface area contributed by atoms with Crippen molar-refractivity contribution in [3.05, 3.63) is 11.8 Å². The number of hydrogen-bond acceptors (Lipinski definition) is 5. The largest absolute Gasteiger partial charge is 0.416 e. The molecule has 0 aromatic carbocycles. The Morgan fingerprint density at radius 2 is 1.89 bits per heavy atom. The molecule has 0 saturated heterocycles. The molecule has 0 spiro atoms. The number of nitrogens with zero attached hydrogens (tertiary/aromatic N) is 2. The van der Waals surface area contributed by atoms with Crippen LogP contribution in [0, 0.1) is 0 Å². The predicted octanol–water partition coefficient (Wildman–Crippen LogP) is 2.21. The van der Waals surface area contributed by atoms with E-state index in [1.165, 1.54) is 0 Å². The standard InChI is InChI=1S/C12H24N4OSi/c1-12(2,3)18(4,5)17-7-6-9-8-15-11(14)16-10(9)13/h8H,6-7H2,1-5H3,(H4,13,14,15,16). The lowest BCUT2D eigenvalue weighted by atomic mass is 10.2. The van der Waals surface area contributed by atoms with Crippen LogP contribution in [0.25, 0.3) is 0 Å². The molecule has 0 aliphatic carbocycles. The van der Waals surface area contributed by atoms with Crippen LogP contribution >= 0.6 is 0 Å². The molecule has 1 rings (SSSR count). The van der Waals surface area contributed by atoms with Gasteiger partial charge in [-0.05, 0) is 24.6 Å². The van der Waals surface area contributed by atoms with Crippen molar-refractivity contribution in [1.29, 1.82) is 0 Å². The number of nitrogen functional groups attached to an aromatic ring is 2. The summed E-state index contributed by atoms with van der Waals surface area (Å²) in [5.74, 6) is 0.655. The first kappa shape index (κ1) is 14.9. The van der Waals surface area contributed by atoms with Crippen molar-refractivity contribution in [3.8, 4) is 0 Å². The Labute approximate surface area is 110 Å². The molecule has 1 aromatic rings. The van der Waals surface area contributed by atoms with Crippen LogP contribution in [-0.2, 0) is 10.8 Å². The second-order valence-corrected chi connectivity index (χ2v) is 10.8. The number of anilines is 2. The lowest BCUT2D eigenvalue weighted by Gasteiger charge is -2.36. The van der Waals surface area contributed by atoms with Crippen molar-refractivity contribution in [2.45, 2.75) is 45.3 Å². The Morgan fingerprint density at radius 1 is 1.28 bits per heavy atom. The molecule has 0 aliphatic rings. The van der Waals surface area contributed by atoms with E-state index >= 15 is 0 Å². The lowest BCUT2D eigenvalue weighted by molar-refractivity contribution is 0.292. The van der Waals surface area contributed by atoms with Crippen LogP contribution in [0.15, 0.2) is 6.20 Å². The molecule has 0 saturated carbocycles. The molecule has 0 amide bonds. The van der Waals surface area contributed by atoms with Gasteiger partial charge >= 0.3 is 0 Å². The molecule has 1 heterocycles. The minimum atomic E-state index is -1.69. The smallest absolute Gasteiger partial charge is 0.221 e. The van der Waals surface area contributed by atoms with E-state index in [-0.39, 0.29) is 11.0 Å². The fraction of sp³-hybridized carbons (Fsp3) is 0.667. The van der Waals surface area contributed by atoms with E-state index in [9.17, 15) is 0 Å². The summed E-state index contributed by atoms with van der Waals surface area (Å²) >= 11 is 0. The molecule has 1 aromatic heterocycles. The molecule has 102 valence electrons. The van der Waals surface area contributed by atoms with Gasteiger partial charge in [0.25, 0.3) is 0 Å². The first-order valence-electron chi connectivity index (χ1n) is 6.14. The lowest BCUT2D eigenvalue weighted by Crippen LogP contribution is -2.41. The Hall–Kier alpha value is -1.14. The molecule has 0 radical (unpaired) electrons. The molecule has 0 unspecified atom stereocenters. The molecule has 0 aliphatic heterocycles. The molecular formula is C12H24N4OSi. The molecule has 0 atom stereocenters. The average molecular weight is 268 g/mol. The van der Waals surface area contributed by atoms with Gasteiger partial charge in [0.15, 0.2) is 8.32 Å². The fourth-order valence-electron chi connectivity index (χ4n) is 1.26. The Balaban J connectivity index is 2.57. The average Bonchev–Trinajstić information content (AvgIpc) is 2.19. The summed E-state index contributed by atoms with van der Waals surface area (Å²) in [6.45, 7) is 11.8. The van der Waals surface area contributed by atoms with Gasteiger partial charge in [-0.2, -0.15) is 4.98 Å². The van der Waals surface area contributed by atoms with Crippen molar-refractivity contribution in [2.75, 3.05) is 18.1 Å². The van der Waals surface area contributed by atoms with Crippen LogP contribution in [0.1, 0.15) is 26.3 Å². The zero-order valence-electron chi connectivity index (χ0n) is 11.9. The molecular weight excluding hydrogens is 244 g/mol. The first-order valence-corrected chi connectivity index (χ1v) is 9.05. The van der Waals surface area contributed by atoms with Crippen molar-refractivity contribution in [2.24, 2.45) is 0 Å². The zero-order chi connectivity index (χ0) is 14.0. The number of rotatable bonds is 4. The Morgan fingerprint density at radius 3 is 2.39 bits per heavy atom. The molecule has 0 fully saturated rings. The van der Waals surface area contributed by atoms with E-state index in [1.54, 1.807) is 6.20 Å². The number of hydrogen-bond donors (Lipinski definition) is 2. The molecule has 6 heteroatoms. The summed E-state index contributed by atoms with van der Waals surface area (Å²) in [6.07, 6.45) is 2.39. The monoisotopic (exact) mass is 268 g/mol. The summed E-state index contributed by atoms with van der Waals surface area (Å²) in [5.41, 5.74) is 12.1. The van der Waals surface area contributed by atoms with Gasteiger partial charge in [-0.3, -0.25) is 0 Å². The SMILES string of the molecule is CC(C)(C)[Si](C)(C)OCCc1cnc(N)nc1N. The number of aromatic nitrogens is 2. The second kappa shape index (κ2) is 5.24. The van der Waals surface area contributed by atoms with E-state index in [1.807, 2.05) is 0 Å². The van der Waals surface area contributed by atoms with Crippen LogP contribution in [0.3, 0.4) is 0 Å². The highest BCUT2D eigenvalue weighted by Gasteiger charge is 2.36. The topological polar surface area (TPSA) is 87.0 Å². The van der Waals surface area contributed by atoms with Gasteiger partial charge in [0, 0.05) is 18.4 Å². The molecule has 0 bridgehead atoms. The van der Waals surface area contributed by atoms with Gasteiger partial charge in [0.05, 0.1) is 0 Å². The normalized spacial score (nSPS) is 12.7. The summed E-state index contributed by atoms with van der Waals surface area (Å²) in [6, 6.07) is 0. The van der Waals surface area contributed by atoms with E-state index in [4.69, 9.17) is 15.9 Å². The Bertz CT molecular complexity index is 415. The van der Waals surface area contributed by atoms with Crippen LogP contribution < -0.4 is 11.5 Å². The fourth-order valence-corrected chi connectivity index (χ4v) is 2.30. The van der Waals surface area contributed by atoms with E-state index in [2.05, 4.69) is 43.8 Å². The Kier molecular flexibility index (Phi) is 4.34. The van der Waals surface area contributed by atoms with Crippen molar-refractivity contribution >= 4 is 20.1 Å². The quantitative estimate of drug-likeness (QED) is 0.817. The van der Waals surface area contributed by atoms with Crippen LogP contribution in [-0.4, -0.2) is 24.9 Å². The molecule has 5 nitrogen and oxygen atoms in total. The third-order valence-electron chi connectivity index (χ3n) is 3.56. The summed E-state index contributed by atoms with van der Waals surface area (Å²) in [7, 11) is -1.69. The zero-order valence-corrected chi connectivity index (χ0v) is 12.9. The minimum absolute atomic E-state index is 0.210. The van der Waals surface area contributed by atoms with Crippen molar-refractivity contribution in [3.63, 3.8) is 0 Å². The predicted molar refractivity (Wildman–Crippen MR) is 77.7 cm³/mol. The van der Waals surface area contributed by atoms with Gasteiger partial charge in [-0.25, -0.2) is 4.98 Å². The van der Waals surface area contributed by atoms with Gasteiger partial charge < -0.3 is 15.9 Å². The van der Waals surface area contributed by atoms with Crippen LogP contribution in [0.5, 0.6) is 0 Å². The summed E-state index contributed by atoms with van der Waals surface area (Å²) in [5, 5.41) is 0.218. The third kappa shape index (κ3) is 3.68. The second-order valence-electron chi connectivity index (χ2n) is 6.00. The van der Waals surface area contributed by atoms with Gasteiger partial charge in [-0.1, -0.05) is 20.8 Å². The maximum absolute atomic E-state index is 6.08.